The van der Waals surface area contributed by atoms with Crippen molar-refractivity contribution < 1.29 is 32.3 Å². The van der Waals surface area contributed by atoms with Gasteiger partial charge in [0, 0.05) is 5.56 Å². The third kappa shape index (κ3) is 5.90. The summed E-state index contributed by atoms with van der Waals surface area (Å²) in [6.07, 6.45) is 0. The van der Waals surface area contributed by atoms with Crippen molar-refractivity contribution in [2.75, 3.05) is 25.6 Å². The van der Waals surface area contributed by atoms with Crippen molar-refractivity contribution in [1.82, 2.24) is 10.0 Å². The molecule has 0 spiro atoms. The third-order valence-electron chi connectivity index (χ3n) is 4.75. The van der Waals surface area contributed by atoms with Crippen LogP contribution in [0.2, 0.25) is 0 Å². The number of anilines is 1. The standard InChI is InChI=1S/C22H24N4O7S/c1-13-8-9-17(32-3)16(10-13)25-19(27)11-23-20(28)12-33-22(29)14(2)24-21-15-6-4-5-7-18(15)34(30,31)26-21/h4-10,14H,11-12H2,1-3H3,(H,23,28)(H,24,26)(H,25,27)/t14-/m0/s1. The Balaban J connectivity index is 1.49. The number of hydrogen-bond acceptors (Lipinski definition) is 8. The molecule has 12 heteroatoms. The first-order valence-corrected chi connectivity index (χ1v) is 11.7. The molecule has 1 aliphatic rings. The Hall–Kier alpha value is -3.93. The summed E-state index contributed by atoms with van der Waals surface area (Å²) < 4.78 is 36.7. The van der Waals surface area contributed by atoms with Crippen LogP contribution in [-0.4, -0.2) is 58.3 Å². The number of nitrogens with zero attached hydrogens (tertiary/aromatic N) is 1. The summed E-state index contributed by atoms with van der Waals surface area (Å²) in [7, 11) is -2.26. The van der Waals surface area contributed by atoms with Crippen LogP contribution in [0.25, 0.3) is 0 Å². The van der Waals surface area contributed by atoms with Gasteiger partial charge in [-0.05, 0) is 43.7 Å². The van der Waals surface area contributed by atoms with E-state index in [0.29, 0.717) is 17.0 Å². The molecular formula is C22H24N4O7S. The first-order valence-electron chi connectivity index (χ1n) is 10.2. The second kappa shape index (κ2) is 10.3. The highest BCUT2D eigenvalue weighted by molar-refractivity contribution is 7.90. The number of carbonyl (C=O) groups excluding carboxylic acids is 3. The molecule has 1 aliphatic heterocycles. The fourth-order valence-electron chi connectivity index (χ4n) is 3.08. The number of aliphatic imine (C=N–C) groups is 1. The predicted octanol–water partition coefficient (Wildman–Crippen LogP) is 0.729. The fraction of sp³-hybridized carbons (Fsp3) is 0.273. The summed E-state index contributed by atoms with van der Waals surface area (Å²) in [4.78, 5) is 40.5. The SMILES string of the molecule is COc1ccc(C)cc1NC(=O)CNC(=O)COC(=O)[C@H](C)N=C1NS(=O)(=O)c2ccccc21. The topological polar surface area (TPSA) is 152 Å². The van der Waals surface area contributed by atoms with E-state index in [1.807, 2.05) is 13.0 Å². The molecule has 34 heavy (non-hydrogen) atoms. The number of fused-ring (bicyclic) bond motifs is 1. The maximum atomic E-state index is 12.2. The number of carbonyl (C=O) groups is 3. The number of methoxy groups -OCH3 is 1. The zero-order valence-corrected chi connectivity index (χ0v) is 19.6. The Morgan fingerprint density at radius 2 is 1.85 bits per heavy atom. The summed E-state index contributed by atoms with van der Waals surface area (Å²) in [5.41, 5.74) is 1.72. The van der Waals surface area contributed by atoms with Crippen LogP contribution in [0.15, 0.2) is 52.4 Å². The fourth-order valence-corrected chi connectivity index (χ4v) is 4.32. The van der Waals surface area contributed by atoms with Crippen molar-refractivity contribution in [2.24, 2.45) is 4.99 Å². The van der Waals surface area contributed by atoms with Gasteiger partial charge in [-0.2, -0.15) is 0 Å². The number of amidine groups is 1. The molecule has 2 aromatic carbocycles. The molecule has 180 valence electrons. The third-order valence-corrected chi connectivity index (χ3v) is 6.14. The molecule has 11 nitrogen and oxygen atoms in total. The monoisotopic (exact) mass is 488 g/mol. The van der Waals surface area contributed by atoms with Crippen LogP contribution in [0, 0.1) is 6.92 Å². The molecule has 0 aromatic heterocycles. The largest absolute Gasteiger partial charge is 0.495 e. The average Bonchev–Trinajstić information content (AvgIpc) is 3.06. The summed E-state index contributed by atoms with van der Waals surface area (Å²) in [5.74, 6) is -1.52. The lowest BCUT2D eigenvalue weighted by atomic mass is 10.2. The zero-order valence-electron chi connectivity index (χ0n) is 18.7. The molecule has 0 fully saturated rings. The number of hydrogen-bond donors (Lipinski definition) is 3. The zero-order chi connectivity index (χ0) is 24.9. The summed E-state index contributed by atoms with van der Waals surface area (Å²) in [6.45, 7) is 2.30. The van der Waals surface area contributed by atoms with Crippen molar-refractivity contribution in [3.05, 3.63) is 53.6 Å². The lowest BCUT2D eigenvalue weighted by molar-refractivity contribution is -0.149. The highest BCUT2D eigenvalue weighted by atomic mass is 32.2. The Bertz CT molecular complexity index is 1260. The summed E-state index contributed by atoms with van der Waals surface area (Å²) in [5, 5.41) is 4.99. The van der Waals surface area contributed by atoms with Crippen LogP contribution >= 0.6 is 0 Å². The van der Waals surface area contributed by atoms with Crippen LogP contribution < -0.4 is 20.1 Å². The molecule has 1 atom stereocenters. The van der Waals surface area contributed by atoms with E-state index in [2.05, 4.69) is 20.3 Å². The molecule has 0 unspecified atom stereocenters. The number of ether oxygens (including phenoxy) is 2. The molecule has 2 amide bonds. The van der Waals surface area contributed by atoms with Gasteiger partial charge in [0.15, 0.2) is 6.61 Å². The van der Waals surface area contributed by atoms with Crippen molar-refractivity contribution in [2.45, 2.75) is 24.8 Å². The number of aryl methyl sites for hydroxylation is 1. The Kier molecular flexibility index (Phi) is 7.51. The molecule has 0 aliphatic carbocycles. The van der Waals surface area contributed by atoms with E-state index < -0.39 is 40.5 Å². The van der Waals surface area contributed by atoms with Gasteiger partial charge in [0.25, 0.3) is 15.9 Å². The van der Waals surface area contributed by atoms with Crippen LogP contribution in [0.4, 0.5) is 5.69 Å². The van der Waals surface area contributed by atoms with Gasteiger partial charge in [0.2, 0.25) is 5.91 Å². The van der Waals surface area contributed by atoms with Crippen LogP contribution in [0.3, 0.4) is 0 Å². The highest BCUT2D eigenvalue weighted by Crippen LogP contribution is 2.25. The van der Waals surface area contributed by atoms with Crippen molar-refractivity contribution in [1.29, 1.82) is 0 Å². The number of benzene rings is 2. The predicted molar refractivity (Wildman–Crippen MR) is 123 cm³/mol. The maximum absolute atomic E-state index is 12.2. The van der Waals surface area contributed by atoms with E-state index in [0.717, 1.165) is 5.56 Å². The Morgan fingerprint density at radius 1 is 1.12 bits per heavy atom. The van der Waals surface area contributed by atoms with E-state index in [1.54, 1.807) is 30.3 Å². The van der Waals surface area contributed by atoms with E-state index in [4.69, 9.17) is 9.47 Å². The number of sulfonamides is 1. The average molecular weight is 489 g/mol. The molecule has 2 aromatic rings. The highest BCUT2D eigenvalue weighted by Gasteiger charge is 2.31. The van der Waals surface area contributed by atoms with E-state index in [9.17, 15) is 22.8 Å². The first kappa shape index (κ1) is 24.7. The minimum Gasteiger partial charge on any atom is -0.495 e. The second-order valence-corrected chi connectivity index (χ2v) is 9.04. The molecule has 0 saturated carbocycles. The first-order chi connectivity index (χ1) is 16.1. The van der Waals surface area contributed by atoms with Crippen molar-refractivity contribution in [3.8, 4) is 5.75 Å². The van der Waals surface area contributed by atoms with Crippen LogP contribution in [0.5, 0.6) is 5.75 Å². The summed E-state index contributed by atoms with van der Waals surface area (Å²) >= 11 is 0. The van der Waals surface area contributed by atoms with Crippen molar-refractivity contribution >= 4 is 39.3 Å². The van der Waals surface area contributed by atoms with E-state index >= 15 is 0 Å². The lowest BCUT2D eigenvalue weighted by Gasteiger charge is -2.12. The number of nitrogens with one attached hydrogen (secondary N) is 3. The minimum atomic E-state index is -3.74. The summed E-state index contributed by atoms with van der Waals surface area (Å²) in [6, 6.07) is 10.4. The van der Waals surface area contributed by atoms with Gasteiger partial charge >= 0.3 is 5.97 Å². The van der Waals surface area contributed by atoms with Gasteiger partial charge in [0.1, 0.15) is 17.6 Å². The maximum Gasteiger partial charge on any atom is 0.331 e. The molecular weight excluding hydrogens is 464 g/mol. The van der Waals surface area contributed by atoms with Gasteiger partial charge in [0.05, 0.1) is 24.2 Å². The van der Waals surface area contributed by atoms with Crippen LogP contribution in [0.1, 0.15) is 18.1 Å². The smallest absolute Gasteiger partial charge is 0.331 e. The quantitative estimate of drug-likeness (QED) is 0.463. The van der Waals surface area contributed by atoms with Gasteiger partial charge < -0.3 is 20.1 Å². The van der Waals surface area contributed by atoms with Gasteiger partial charge in [-0.25, -0.2) is 13.2 Å². The van der Waals surface area contributed by atoms with E-state index in [1.165, 1.54) is 20.1 Å². The van der Waals surface area contributed by atoms with Gasteiger partial charge in [-0.1, -0.05) is 18.2 Å². The second-order valence-electron chi connectivity index (χ2n) is 7.39. The number of esters is 1. The molecule has 0 bridgehead atoms. The van der Waals surface area contributed by atoms with E-state index in [-0.39, 0.29) is 17.3 Å². The molecule has 0 radical (unpaired) electrons. The lowest BCUT2D eigenvalue weighted by Crippen LogP contribution is -2.36. The normalized spacial score (nSPS) is 15.6. The Morgan fingerprint density at radius 3 is 2.59 bits per heavy atom. The number of amides is 2. The Labute approximate surface area is 196 Å². The van der Waals surface area contributed by atoms with Gasteiger partial charge in [-0.15, -0.1) is 0 Å². The molecule has 1 heterocycles. The molecule has 0 saturated heterocycles. The molecule has 3 rings (SSSR count). The van der Waals surface area contributed by atoms with Gasteiger partial charge in [-0.3, -0.25) is 19.3 Å². The minimum absolute atomic E-state index is 0.0211. The number of rotatable bonds is 8. The molecule has 3 N–H and O–H groups in total. The van der Waals surface area contributed by atoms with Crippen molar-refractivity contribution in [3.63, 3.8) is 0 Å². The van der Waals surface area contributed by atoms with Crippen LogP contribution in [-0.2, 0) is 29.1 Å².